The minimum atomic E-state index is -1.08. The summed E-state index contributed by atoms with van der Waals surface area (Å²) in [7, 11) is 0. The molecule has 27 heavy (non-hydrogen) atoms. The molecule has 0 fully saturated rings. The standard InChI is InChI=1S/C19H25N3O5/c1-3-26-16-6-5-14(13-17(16)27-4-2)7-10-20-18(23)9-12-22-11-8-15(21-22)19(24)25/h5-6,8,11,13H,3-4,7,9-10,12H2,1-2H3,(H,20,23)(H,24,25). The molecule has 0 saturated carbocycles. The van der Waals surface area contributed by atoms with E-state index >= 15 is 0 Å². The van der Waals surface area contributed by atoms with Crippen molar-refractivity contribution in [1.82, 2.24) is 15.1 Å². The Bertz CT molecular complexity index is 772. The summed E-state index contributed by atoms with van der Waals surface area (Å²) >= 11 is 0. The third kappa shape index (κ3) is 6.32. The number of nitrogens with zero attached hydrogens (tertiary/aromatic N) is 2. The second-order valence-electron chi connectivity index (χ2n) is 5.77. The van der Waals surface area contributed by atoms with Gasteiger partial charge < -0.3 is 19.9 Å². The van der Waals surface area contributed by atoms with Crippen LogP contribution in [-0.2, 0) is 17.8 Å². The Balaban J connectivity index is 1.78. The highest BCUT2D eigenvalue weighted by Gasteiger charge is 2.09. The molecule has 0 radical (unpaired) electrons. The van der Waals surface area contributed by atoms with Gasteiger partial charge in [0.05, 0.1) is 13.2 Å². The first-order chi connectivity index (χ1) is 13.0. The number of hydrogen-bond donors (Lipinski definition) is 2. The lowest BCUT2D eigenvalue weighted by Crippen LogP contribution is -2.26. The largest absolute Gasteiger partial charge is 0.490 e. The van der Waals surface area contributed by atoms with E-state index in [1.165, 1.54) is 10.7 Å². The van der Waals surface area contributed by atoms with Gasteiger partial charge in [0.15, 0.2) is 17.2 Å². The molecule has 8 nitrogen and oxygen atoms in total. The minimum absolute atomic E-state index is 0.0315. The number of nitrogens with one attached hydrogen (secondary N) is 1. The number of hydrogen-bond acceptors (Lipinski definition) is 5. The number of carboxylic acids is 1. The molecule has 0 aliphatic rings. The lowest BCUT2D eigenvalue weighted by atomic mass is 10.1. The molecule has 0 unspecified atom stereocenters. The SMILES string of the molecule is CCOc1ccc(CCNC(=O)CCn2ccc(C(=O)O)n2)cc1OCC. The molecule has 0 spiro atoms. The molecule has 1 aromatic carbocycles. The molecule has 146 valence electrons. The van der Waals surface area contributed by atoms with Gasteiger partial charge in [-0.05, 0) is 44.0 Å². The molecular formula is C19H25N3O5. The number of carbonyl (C=O) groups is 2. The maximum atomic E-state index is 11.9. The predicted octanol–water partition coefficient (Wildman–Crippen LogP) is 2.13. The van der Waals surface area contributed by atoms with Crippen LogP contribution in [0.25, 0.3) is 0 Å². The molecule has 8 heteroatoms. The first-order valence-corrected chi connectivity index (χ1v) is 8.95. The lowest BCUT2D eigenvalue weighted by molar-refractivity contribution is -0.121. The number of aromatic nitrogens is 2. The summed E-state index contributed by atoms with van der Waals surface area (Å²) in [6.07, 6.45) is 2.45. The quantitative estimate of drug-likeness (QED) is 0.624. The Kier molecular flexibility index (Phi) is 7.66. The molecule has 0 aliphatic carbocycles. The monoisotopic (exact) mass is 375 g/mol. The van der Waals surface area contributed by atoms with Crippen molar-refractivity contribution in [3.8, 4) is 11.5 Å². The maximum Gasteiger partial charge on any atom is 0.356 e. The van der Waals surface area contributed by atoms with Crippen LogP contribution in [0.3, 0.4) is 0 Å². The Morgan fingerprint density at radius 1 is 1.15 bits per heavy atom. The van der Waals surface area contributed by atoms with Crippen molar-refractivity contribution in [2.75, 3.05) is 19.8 Å². The first kappa shape index (κ1) is 20.3. The van der Waals surface area contributed by atoms with E-state index in [-0.39, 0.29) is 18.0 Å². The van der Waals surface area contributed by atoms with Gasteiger partial charge >= 0.3 is 5.97 Å². The normalized spacial score (nSPS) is 10.4. The van der Waals surface area contributed by atoms with Crippen molar-refractivity contribution in [1.29, 1.82) is 0 Å². The third-order valence-electron chi connectivity index (χ3n) is 3.77. The van der Waals surface area contributed by atoms with Crippen molar-refractivity contribution >= 4 is 11.9 Å². The smallest absolute Gasteiger partial charge is 0.356 e. The second kappa shape index (κ2) is 10.2. The topological polar surface area (TPSA) is 103 Å². The van der Waals surface area contributed by atoms with Crippen LogP contribution in [0.2, 0.25) is 0 Å². The van der Waals surface area contributed by atoms with E-state index < -0.39 is 5.97 Å². The summed E-state index contributed by atoms with van der Waals surface area (Å²) in [6, 6.07) is 7.17. The minimum Gasteiger partial charge on any atom is -0.490 e. The third-order valence-corrected chi connectivity index (χ3v) is 3.77. The van der Waals surface area contributed by atoms with Crippen LogP contribution >= 0.6 is 0 Å². The number of ether oxygens (including phenoxy) is 2. The summed E-state index contributed by atoms with van der Waals surface area (Å²) < 4.78 is 12.6. The Labute approximate surface area is 158 Å². The van der Waals surface area contributed by atoms with Crippen LogP contribution in [0, 0.1) is 0 Å². The van der Waals surface area contributed by atoms with Crippen LogP contribution in [0.15, 0.2) is 30.5 Å². The molecular weight excluding hydrogens is 350 g/mol. The number of carboxylic acid groups (broad SMARTS) is 1. The number of aryl methyl sites for hydroxylation is 1. The number of aromatic carboxylic acids is 1. The fourth-order valence-electron chi connectivity index (χ4n) is 2.50. The molecule has 2 aromatic rings. The summed E-state index contributed by atoms with van der Waals surface area (Å²) in [5.41, 5.74) is 1.01. The van der Waals surface area contributed by atoms with Crippen molar-refractivity contribution in [2.45, 2.75) is 33.2 Å². The summed E-state index contributed by atoms with van der Waals surface area (Å²) in [4.78, 5) is 22.7. The molecule has 0 bridgehead atoms. The molecule has 2 rings (SSSR count). The average molecular weight is 375 g/mol. The summed E-state index contributed by atoms with van der Waals surface area (Å²) in [5, 5.41) is 15.6. The summed E-state index contributed by atoms with van der Waals surface area (Å²) in [6.45, 7) is 5.79. The second-order valence-corrected chi connectivity index (χ2v) is 5.77. The molecule has 1 amide bonds. The van der Waals surface area contributed by atoms with E-state index in [1.807, 2.05) is 32.0 Å². The average Bonchev–Trinajstić information content (AvgIpc) is 3.12. The van der Waals surface area contributed by atoms with Gasteiger partial charge in [-0.15, -0.1) is 0 Å². The molecule has 2 N–H and O–H groups in total. The number of benzene rings is 1. The molecule has 0 aliphatic heterocycles. The van der Waals surface area contributed by atoms with Crippen molar-refractivity contribution in [3.05, 3.63) is 41.7 Å². The number of rotatable bonds is 11. The molecule has 0 saturated heterocycles. The number of carbonyl (C=O) groups excluding carboxylic acids is 1. The van der Waals surface area contributed by atoms with Crippen LogP contribution in [0.4, 0.5) is 0 Å². The van der Waals surface area contributed by atoms with Crippen LogP contribution in [0.1, 0.15) is 36.3 Å². The van der Waals surface area contributed by atoms with E-state index in [9.17, 15) is 9.59 Å². The molecule has 1 aromatic heterocycles. The highest BCUT2D eigenvalue weighted by atomic mass is 16.5. The zero-order chi connectivity index (χ0) is 19.6. The van der Waals surface area contributed by atoms with Crippen molar-refractivity contribution < 1.29 is 24.2 Å². The first-order valence-electron chi connectivity index (χ1n) is 8.95. The van der Waals surface area contributed by atoms with Gasteiger partial charge in [-0.1, -0.05) is 6.07 Å². The molecule has 0 atom stereocenters. The summed E-state index contributed by atoms with van der Waals surface area (Å²) in [5.74, 6) is 0.224. The number of amides is 1. The van der Waals surface area contributed by atoms with E-state index in [0.717, 1.165) is 5.56 Å². The van der Waals surface area contributed by atoms with Gasteiger partial charge in [-0.25, -0.2) is 4.79 Å². The Hall–Kier alpha value is -3.03. The van der Waals surface area contributed by atoms with Gasteiger partial charge in [0.2, 0.25) is 5.91 Å². The fraction of sp³-hybridized carbons (Fsp3) is 0.421. The highest BCUT2D eigenvalue weighted by Crippen LogP contribution is 2.28. The Morgan fingerprint density at radius 2 is 1.89 bits per heavy atom. The molecule has 1 heterocycles. The van der Waals surface area contributed by atoms with Gasteiger partial charge in [0.25, 0.3) is 0 Å². The highest BCUT2D eigenvalue weighted by molar-refractivity contribution is 5.85. The Morgan fingerprint density at radius 3 is 2.56 bits per heavy atom. The fourth-order valence-corrected chi connectivity index (χ4v) is 2.50. The van der Waals surface area contributed by atoms with Crippen LogP contribution < -0.4 is 14.8 Å². The zero-order valence-electron chi connectivity index (χ0n) is 15.6. The van der Waals surface area contributed by atoms with E-state index in [1.54, 1.807) is 6.20 Å². The zero-order valence-corrected chi connectivity index (χ0v) is 15.6. The predicted molar refractivity (Wildman–Crippen MR) is 99.3 cm³/mol. The van der Waals surface area contributed by atoms with Crippen molar-refractivity contribution in [3.63, 3.8) is 0 Å². The van der Waals surface area contributed by atoms with Gasteiger partial charge in [-0.3, -0.25) is 9.48 Å². The lowest BCUT2D eigenvalue weighted by Gasteiger charge is -2.12. The van der Waals surface area contributed by atoms with E-state index in [0.29, 0.717) is 44.2 Å². The van der Waals surface area contributed by atoms with Gasteiger partial charge in [0.1, 0.15) is 0 Å². The van der Waals surface area contributed by atoms with Gasteiger partial charge in [0, 0.05) is 25.7 Å². The van der Waals surface area contributed by atoms with Crippen LogP contribution in [0.5, 0.6) is 11.5 Å². The van der Waals surface area contributed by atoms with Gasteiger partial charge in [-0.2, -0.15) is 5.10 Å². The van der Waals surface area contributed by atoms with E-state index in [4.69, 9.17) is 14.6 Å². The maximum absolute atomic E-state index is 11.9. The van der Waals surface area contributed by atoms with Crippen molar-refractivity contribution in [2.24, 2.45) is 0 Å². The van der Waals surface area contributed by atoms with E-state index in [2.05, 4.69) is 10.4 Å². The van der Waals surface area contributed by atoms with Crippen LogP contribution in [-0.4, -0.2) is 46.5 Å².